The number of hydrogen-bond acceptors (Lipinski definition) is 5. The Hall–Kier alpha value is -0.970. The molecule has 17 heavy (non-hydrogen) atoms. The second-order valence-electron chi connectivity index (χ2n) is 4.14. The SMILES string of the molecule is CCNc1nc(C)cc(N(C)C(C)CSC)n1. The number of hydrogen-bond donors (Lipinski definition) is 1. The Labute approximate surface area is 108 Å². The summed E-state index contributed by atoms with van der Waals surface area (Å²) in [6.45, 7) is 7.10. The lowest BCUT2D eigenvalue weighted by molar-refractivity contribution is 0.751. The van der Waals surface area contributed by atoms with Crippen LogP contribution in [0.4, 0.5) is 11.8 Å². The predicted molar refractivity (Wildman–Crippen MR) is 77.2 cm³/mol. The fourth-order valence-electron chi connectivity index (χ4n) is 1.55. The molecule has 0 aliphatic rings. The molecule has 1 aromatic heterocycles. The fourth-order valence-corrected chi connectivity index (χ4v) is 2.25. The van der Waals surface area contributed by atoms with Crippen LogP contribution in [0.3, 0.4) is 0 Å². The largest absolute Gasteiger partial charge is 0.356 e. The quantitative estimate of drug-likeness (QED) is 0.844. The maximum atomic E-state index is 4.52. The van der Waals surface area contributed by atoms with Gasteiger partial charge in [0.2, 0.25) is 5.95 Å². The first-order valence-electron chi connectivity index (χ1n) is 5.89. The molecule has 0 spiro atoms. The summed E-state index contributed by atoms with van der Waals surface area (Å²) in [7, 11) is 2.08. The summed E-state index contributed by atoms with van der Waals surface area (Å²) in [5.74, 6) is 2.79. The Balaban J connectivity index is 2.88. The number of aryl methyl sites for hydroxylation is 1. The van der Waals surface area contributed by atoms with E-state index >= 15 is 0 Å². The summed E-state index contributed by atoms with van der Waals surface area (Å²) in [5.41, 5.74) is 0.995. The van der Waals surface area contributed by atoms with E-state index in [1.54, 1.807) is 0 Å². The first-order valence-corrected chi connectivity index (χ1v) is 7.29. The van der Waals surface area contributed by atoms with Gasteiger partial charge in [0.15, 0.2) is 0 Å². The first-order chi connectivity index (χ1) is 8.08. The van der Waals surface area contributed by atoms with Gasteiger partial charge in [-0.15, -0.1) is 0 Å². The third kappa shape index (κ3) is 4.07. The number of aromatic nitrogens is 2. The standard InChI is InChI=1S/C12H22N4S/c1-6-13-12-14-9(2)7-11(15-12)16(4)10(3)8-17-5/h7,10H,6,8H2,1-5H3,(H,13,14,15). The topological polar surface area (TPSA) is 41.1 Å². The number of nitrogens with zero attached hydrogens (tertiary/aromatic N) is 3. The van der Waals surface area contributed by atoms with E-state index in [9.17, 15) is 0 Å². The Morgan fingerprint density at radius 2 is 2.18 bits per heavy atom. The van der Waals surface area contributed by atoms with Gasteiger partial charge in [0.1, 0.15) is 5.82 Å². The molecule has 0 radical (unpaired) electrons. The normalized spacial score (nSPS) is 12.3. The summed E-state index contributed by atoms with van der Waals surface area (Å²) in [6, 6.07) is 2.49. The van der Waals surface area contributed by atoms with Gasteiger partial charge in [-0.1, -0.05) is 0 Å². The Morgan fingerprint density at radius 1 is 1.47 bits per heavy atom. The van der Waals surface area contributed by atoms with E-state index in [0.717, 1.165) is 23.8 Å². The molecule has 1 rings (SSSR count). The van der Waals surface area contributed by atoms with Crippen molar-refractivity contribution in [1.29, 1.82) is 0 Å². The first kappa shape index (κ1) is 14.1. The summed E-state index contributed by atoms with van der Waals surface area (Å²) in [6.07, 6.45) is 2.12. The van der Waals surface area contributed by atoms with Crippen LogP contribution in [0.2, 0.25) is 0 Å². The third-order valence-electron chi connectivity index (χ3n) is 2.61. The highest BCUT2D eigenvalue weighted by Crippen LogP contribution is 2.17. The van der Waals surface area contributed by atoms with Crippen LogP contribution in [0.15, 0.2) is 6.07 Å². The lowest BCUT2D eigenvalue weighted by Crippen LogP contribution is -2.31. The second-order valence-corrected chi connectivity index (χ2v) is 5.05. The van der Waals surface area contributed by atoms with Gasteiger partial charge in [-0.3, -0.25) is 0 Å². The molecule has 1 atom stereocenters. The van der Waals surface area contributed by atoms with Gasteiger partial charge in [-0.2, -0.15) is 16.7 Å². The van der Waals surface area contributed by atoms with E-state index < -0.39 is 0 Å². The predicted octanol–water partition coefficient (Wildman–Crippen LogP) is 2.40. The van der Waals surface area contributed by atoms with Crippen molar-refractivity contribution in [1.82, 2.24) is 9.97 Å². The van der Waals surface area contributed by atoms with Crippen molar-refractivity contribution in [3.8, 4) is 0 Å². The maximum absolute atomic E-state index is 4.52. The molecule has 0 saturated carbocycles. The third-order valence-corrected chi connectivity index (χ3v) is 3.42. The maximum Gasteiger partial charge on any atom is 0.224 e. The van der Waals surface area contributed by atoms with E-state index in [2.05, 4.69) is 40.4 Å². The van der Waals surface area contributed by atoms with E-state index in [4.69, 9.17) is 0 Å². The fraction of sp³-hybridized carbons (Fsp3) is 0.667. The van der Waals surface area contributed by atoms with E-state index in [-0.39, 0.29) is 0 Å². The minimum absolute atomic E-state index is 0.466. The summed E-state index contributed by atoms with van der Waals surface area (Å²) in [4.78, 5) is 11.1. The summed E-state index contributed by atoms with van der Waals surface area (Å²) in [5, 5.41) is 3.16. The number of thioether (sulfide) groups is 1. The molecule has 1 aromatic rings. The van der Waals surface area contributed by atoms with Crippen LogP contribution >= 0.6 is 11.8 Å². The lowest BCUT2D eigenvalue weighted by atomic mass is 10.3. The van der Waals surface area contributed by atoms with Gasteiger partial charge in [0.05, 0.1) is 0 Å². The minimum atomic E-state index is 0.466. The van der Waals surface area contributed by atoms with Crippen LogP contribution in [0.5, 0.6) is 0 Å². The van der Waals surface area contributed by atoms with Crippen molar-refractivity contribution >= 4 is 23.5 Å². The summed E-state index contributed by atoms with van der Waals surface area (Å²) < 4.78 is 0. The highest BCUT2D eigenvalue weighted by molar-refractivity contribution is 7.98. The average Bonchev–Trinajstić information content (AvgIpc) is 2.28. The van der Waals surface area contributed by atoms with E-state index in [1.165, 1.54) is 0 Å². The van der Waals surface area contributed by atoms with Crippen molar-refractivity contribution in [2.75, 3.05) is 35.8 Å². The van der Waals surface area contributed by atoms with E-state index in [0.29, 0.717) is 12.0 Å². The van der Waals surface area contributed by atoms with Crippen LogP contribution in [-0.2, 0) is 0 Å². The molecule has 0 aromatic carbocycles. The monoisotopic (exact) mass is 254 g/mol. The van der Waals surface area contributed by atoms with Crippen molar-refractivity contribution < 1.29 is 0 Å². The molecule has 1 heterocycles. The summed E-state index contributed by atoms with van der Waals surface area (Å²) >= 11 is 1.85. The van der Waals surface area contributed by atoms with Crippen molar-refractivity contribution in [2.45, 2.75) is 26.8 Å². The Bertz CT molecular complexity index is 356. The van der Waals surface area contributed by atoms with Crippen LogP contribution in [0.25, 0.3) is 0 Å². The number of nitrogens with one attached hydrogen (secondary N) is 1. The molecule has 0 aliphatic carbocycles. The zero-order valence-electron chi connectivity index (χ0n) is 11.3. The Morgan fingerprint density at radius 3 is 2.76 bits per heavy atom. The number of rotatable bonds is 6. The minimum Gasteiger partial charge on any atom is -0.356 e. The zero-order chi connectivity index (χ0) is 12.8. The Kier molecular flexibility index (Phi) is 5.55. The molecular formula is C12H22N4S. The van der Waals surface area contributed by atoms with E-state index in [1.807, 2.05) is 31.7 Å². The molecule has 4 nitrogen and oxygen atoms in total. The highest BCUT2D eigenvalue weighted by atomic mass is 32.2. The van der Waals surface area contributed by atoms with Crippen LogP contribution in [0, 0.1) is 6.92 Å². The van der Waals surface area contributed by atoms with Crippen molar-refractivity contribution in [2.24, 2.45) is 0 Å². The zero-order valence-corrected chi connectivity index (χ0v) is 12.1. The van der Waals surface area contributed by atoms with Gasteiger partial charge in [-0.05, 0) is 27.0 Å². The van der Waals surface area contributed by atoms with Gasteiger partial charge in [0, 0.05) is 37.1 Å². The van der Waals surface area contributed by atoms with Crippen LogP contribution < -0.4 is 10.2 Å². The van der Waals surface area contributed by atoms with Gasteiger partial charge in [-0.25, -0.2) is 4.98 Å². The van der Waals surface area contributed by atoms with Gasteiger partial charge >= 0.3 is 0 Å². The molecule has 0 amide bonds. The highest BCUT2D eigenvalue weighted by Gasteiger charge is 2.12. The molecule has 0 saturated heterocycles. The van der Waals surface area contributed by atoms with Crippen LogP contribution in [-0.4, -0.2) is 41.6 Å². The molecule has 96 valence electrons. The molecule has 1 unspecified atom stereocenters. The number of anilines is 2. The second kappa shape index (κ2) is 6.69. The molecule has 0 fully saturated rings. The van der Waals surface area contributed by atoms with Crippen molar-refractivity contribution in [3.05, 3.63) is 11.8 Å². The molecule has 5 heteroatoms. The average molecular weight is 254 g/mol. The van der Waals surface area contributed by atoms with Gasteiger partial charge in [0.25, 0.3) is 0 Å². The molecule has 0 aliphatic heterocycles. The van der Waals surface area contributed by atoms with Crippen molar-refractivity contribution in [3.63, 3.8) is 0 Å². The van der Waals surface area contributed by atoms with Gasteiger partial charge < -0.3 is 10.2 Å². The smallest absolute Gasteiger partial charge is 0.224 e. The molecular weight excluding hydrogens is 232 g/mol. The van der Waals surface area contributed by atoms with Crippen LogP contribution in [0.1, 0.15) is 19.5 Å². The molecule has 0 bridgehead atoms. The molecule has 1 N–H and O–H groups in total. The lowest BCUT2D eigenvalue weighted by Gasteiger charge is -2.25.